The zero-order valence-electron chi connectivity index (χ0n) is 11.3. The first-order valence-corrected chi connectivity index (χ1v) is 6.49. The average molecular weight is 275 g/mol. The maximum absolute atomic E-state index is 8.78. The smallest absolute Gasteiger partial charge is 0.181 e. The number of nitrogens with two attached hydrogens (primary N) is 1. The molecule has 3 aromatic rings. The van der Waals surface area contributed by atoms with Gasteiger partial charge in [-0.05, 0) is 42.0 Å². The fourth-order valence-corrected chi connectivity index (χ4v) is 2.01. The molecule has 0 saturated heterocycles. The first-order valence-electron chi connectivity index (χ1n) is 6.49. The molecule has 102 valence electrons. The highest BCUT2D eigenvalue weighted by Crippen LogP contribution is 2.16. The fourth-order valence-electron chi connectivity index (χ4n) is 2.01. The van der Waals surface area contributed by atoms with Crippen molar-refractivity contribution in [1.29, 1.82) is 5.26 Å². The zero-order valence-corrected chi connectivity index (χ0v) is 11.3. The van der Waals surface area contributed by atoms with Crippen LogP contribution in [0, 0.1) is 11.3 Å². The molecule has 5 nitrogen and oxygen atoms in total. The molecule has 0 unspecified atom stereocenters. The Morgan fingerprint density at radius 1 is 1.05 bits per heavy atom. The van der Waals surface area contributed by atoms with Crippen LogP contribution in [0.5, 0.6) is 0 Å². The Kier molecular flexibility index (Phi) is 3.36. The van der Waals surface area contributed by atoms with E-state index in [1.807, 2.05) is 36.4 Å². The largest absolute Gasteiger partial charge is 0.399 e. The molecule has 0 aliphatic heterocycles. The number of anilines is 1. The maximum atomic E-state index is 8.78. The van der Waals surface area contributed by atoms with E-state index in [4.69, 9.17) is 11.0 Å². The predicted octanol–water partition coefficient (Wildman–Crippen LogP) is 2.45. The number of benzene rings is 2. The second-order valence-corrected chi connectivity index (χ2v) is 4.70. The van der Waals surface area contributed by atoms with Gasteiger partial charge in [-0.25, -0.2) is 9.67 Å². The van der Waals surface area contributed by atoms with Crippen LogP contribution in [-0.2, 0) is 6.54 Å². The Morgan fingerprint density at radius 2 is 1.76 bits per heavy atom. The molecule has 0 aliphatic carbocycles. The van der Waals surface area contributed by atoms with Gasteiger partial charge in [-0.2, -0.15) is 10.4 Å². The molecule has 0 bridgehead atoms. The Labute approximate surface area is 122 Å². The third-order valence-corrected chi connectivity index (χ3v) is 3.13. The Hall–Kier alpha value is -3.13. The number of nitrogens with zero attached hydrogens (tertiary/aromatic N) is 4. The van der Waals surface area contributed by atoms with Crippen LogP contribution >= 0.6 is 0 Å². The summed E-state index contributed by atoms with van der Waals surface area (Å²) in [5, 5.41) is 13.2. The van der Waals surface area contributed by atoms with E-state index in [2.05, 4.69) is 16.2 Å². The first-order chi connectivity index (χ1) is 10.2. The Balaban J connectivity index is 1.78. The number of nitrogen functional groups attached to an aromatic ring is 1. The van der Waals surface area contributed by atoms with Crippen molar-refractivity contribution in [2.75, 3.05) is 5.73 Å². The highest BCUT2D eigenvalue weighted by Gasteiger charge is 2.04. The van der Waals surface area contributed by atoms with Gasteiger partial charge in [0.2, 0.25) is 0 Å². The third kappa shape index (κ3) is 2.90. The van der Waals surface area contributed by atoms with Crippen LogP contribution < -0.4 is 5.73 Å². The van der Waals surface area contributed by atoms with E-state index < -0.39 is 0 Å². The van der Waals surface area contributed by atoms with Crippen molar-refractivity contribution >= 4 is 5.69 Å². The van der Waals surface area contributed by atoms with Gasteiger partial charge < -0.3 is 5.73 Å². The van der Waals surface area contributed by atoms with E-state index in [9.17, 15) is 0 Å². The second kappa shape index (κ2) is 5.47. The lowest BCUT2D eigenvalue weighted by molar-refractivity contribution is 0.687. The minimum absolute atomic E-state index is 0.619. The normalized spacial score (nSPS) is 10.2. The first kappa shape index (κ1) is 12.9. The van der Waals surface area contributed by atoms with Gasteiger partial charge in [-0.15, -0.1) is 0 Å². The molecule has 2 N–H and O–H groups in total. The van der Waals surface area contributed by atoms with Crippen molar-refractivity contribution in [2.24, 2.45) is 0 Å². The molecule has 0 fully saturated rings. The van der Waals surface area contributed by atoms with Crippen LogP contribution in [0.1, 0.15) is 11.1 Å². The van der Waals surface area contributed by atoms with E-state index in [0.29, 0.717) is 17.9 Å². The molecule has 0 spiro atoms. The Morgan fingerprint density at radius 3 is 2.43 bits per heavy atom. The SMILES string of the molecule is N#Cc1ccc(Cn2cnc(-c3ccc(N)cc3)n2)cc1. The van der Waals surface area contributed by atoms with E-state index >= 15 is 0 Å². The van der Waals surface area contributed by atoms with Crippen molar-refractivity contribution in [3.05, 3.63) is 66.0 Å². The molecule has 0 amide bonds. The quantitative estimate of drug-likeness (QED) is 0.744. The lowest BCUT2D eigenvalue weighted by Crippen LogP contribution is -2.00. The van der Waals surface area contributed by atoms with Crippen molar-refractivity contribution < 1.29 is 0 Å². The topological polar surface area (TPSA) is 80.5 Å². The van der Waals surface area contributed by atoms with E-state index in [0.717, 1.165) is 16.8 Å². The summed E-state index contributed by atoms with van der Waals surface area (Å²) in [6.45, 7) is 0.619. The second-order valence-electron chi connectivity index (χ2n) is 4.70. The highest BCUT2D eigenvalue weighted by atomic mass is 15.3. The lowest BCUT2D eigenvalue weighted by Gasteiger charge is -2.01. The van der Waals surface area contributed by atoms with Crippen molar-refractivity contribution in [2.45, 2.75) is 6.54 Å². The average Bonchev–Trinajstić information content (AvgIpc) is 2.97. The van der Waals surface area contributed by atoms with Crippen molar-refractivity contribution in [3.8, 4) is 17.5 Å². The molecule has 0 radical (unpaired) electrons. The van der Waals surface area contributed by atoms with Crippen LogP contribution in [0.4, 0.5) is 5.69 Å². The van der Waals surface area contributed by atoms with Gasteiger partial charge in [0.15, 0.2) is 5.82 Å². The molecule has 21 heavy (non-hydrogen) atoms. The predicted molar refractivity (Wildman–Crippen MR) is 80.1 cm³/mol. The fraction of sp³-hybridized carbons (Fsp3) is 0.0625. The number of nitriles is 1. The summed E-state index contributed by atoms with van der Waals surface area (Å²) in [6, 6.07) is 17.0. The molecule has 1 heterocycles. The number of rotatable bonds is 3. The molecule has 3 rings (SSSR count). The molecule has 1 aromatic heterocycles. The molecule has 0 aliphatic rings. The molecular weight excluding hydrogens is 262 g/mol. The summed E-state index contributed by atoms with van der Waals surface area (Å²) in [7, 11) is 0. The van der Waals surface area contributed by atoms with Gasteiger partial charge in [-0.3, -0.25) is 0 Å². The summed E-state index contributed by atoms with van der Waals surface area (Å²) in [5.74, 6) is 0.670. The molecular formula is C16H13N5. The summed E-state index contributed by atoms with van der Waals surface area (Å²) >= 11 is 0. The van der Waals surface area contributed by atoms with Crippen LogP contribution in [0.2, 0.25) is 0 Å². The lowest BCUT2D eigenvalue weighted by atomic mass is 10.1. The summed E-state index contributed by atoms with van der Waals surface area (Å²) < 4.78 is 1.77. The Bertz CT molecular complexity index is 779. The van der Waals surface area contributed by atoms with E-state index in [1.54, 1.807) is 23.1 Å². The third-order valence-electron chi connectivity index (χ3n) is 3.13. The standard InChI is InChI=1S/C16H13N5/c17-9-12-1-3-13(4-2-12)10-21-11-19-16(20-21)14-5-7-15(18)8-6-14/h1-8,11H,10,18H2. The summed E-state index contributed by atoms with van der Waals surface area (Å²) in [6.07, 6.45) is 1.70. The maximum Gasteiger partial charge on any atom is 0.181 e. The van der Waals surface area contributed by atoms with Gasteiger partial charge >= 0.3 is 0 Å². The number of hydrogen-bond donors (Lipinski definition) is 1. The summed E-state index contributed by atoms with van der Waals surface area (Å²) in [5.41, 5.74) is 9.04. The van der Waals surface area contributed by atoms with Gasteiger partial charge in [0, 0.05) is 11.3 Å². The highest BCUT2D eigenvalue weighted by molar-refractivity contribution is 5.57. The minimum Gasteiger partial charge on any atom is -0.399 e. The minimum atomic E-state index is 0.619. The van der Waals surface area contributed by atoms with Crippen molar-refractivity contribution in [3.63, 3.8) is 0 Å². The van der Waals surface area contributed by atoms with Crippen LogP contribution in [0.25, 0.3) is 11.4 Å². The number of aromatic nitrogens is 3. The van der Waals surface area contributed by atoms with Crippen LogP contribution in [0.3, 0.4) is 0 Å². The van der Waals surface area contributed by atoms with E-state index in [1.165, 1.54) is 0 Å². The summed E-state index contributed by atoms with van der Waals surface area (Å²) in [4.78, 5) is 4.30. The van der Waals surface area contributed by atoms with Gasteiger partial charge in [-0.1, -0.05) is 12.1 Å². The molecule has 2 aromatic carbocycles. The number of hydrogen-bond acceptors (Lipinski definition) is 4. The van der Waals surface area contributed by atoms with E-state index in [-0.39, 0.29) is 0 Å². The monoisotopic (exact) mass is 275 g/mol. The zero-order chi connectivity index (χ0) is 14.7. The van der Waals surface area contributed by atoms with Crippen LogP contribution in [0.15, 0.2) is 54.9 Å². The van der Waals surface area contributed by atoms with Gasteiger partial charge in [0.25, 0.3) is 0 Å². The van der Waals surface area contributed by atoms with Gasteiger partial charge in [0.1, 0.15) is 6.33 Å². The molecule has 5 heteroatoms. The van der Waals surface area contributed by atoms with Gasteiger partial charge in [0.05, 0.1) is 18.2 Å². The molecule has 0 atom stereocenters. The molecule has 0 saturated carbocycles. The van der Waals surface area contributed by atoms with Crippen LogP contribution in [-0.4, -0.2) is 14.8 Å². The van der Waals surface area contributed by atoms with Crippen molar-refractivity contribution in [1.82, 2.24) is 14.8 Å².